The SMILES string of the molecule is NC(=O)C1CCCN(C(=O)c2sc(-c3ccccc3)cc2OCc2ccccc2)C1. The number of hydrogen-bond donors (Lipinski definition) is 1. The molecule has 2 aromatic carbocycles. The van der Waals surface area contributed by atoms with Crippen LogP contribution in [0.5, 0.6) is 5.75 Å². The summed E-state index contributed by atoms with van der Waals surface area (Å²) in [4.78, 5) is 28.3. The molecular weight excluding hydrogens is 396 g/mol. The highest BCUT2D eigenvalue weighted by Crippen LogP contribution is 2.38. The maximum atomic E-state index is 13.3. The van der Waals surface area contributed by atoms with E-state index in [-0.39, 0.29) is 17.7 Å². The van der Waals surface area contributed by atoms with Crippen LogP contribution >= 0.6 is 11.3 Å². The third kappa shape index (κ3) is 4.54. The molecule has 6 heteroatoms. The van der Waals surface area contributed by atoms with E-state index >= 15 is 0 Å². The summed E-state index contributed by atoms with van der Waals surface area (Å²) < 4.78 is 6.08. The first-order chi connectivity index (χ1) is 14.6. The van der Waals surface area contributed by atoms with Crippen LogP contribution in [0.25, 0.3) is 10.4 Å². The Morgan fingerprint density at radius 1 is 1.07 bits per heavy atom. The Kier molecular flexibility index (Phi) is 6.14. The Morgan fingerprint density at radius 2 is 1.77 bits per heavy atom. The highest BCUT2D eigenvalue weighted by atomic mass is 32.1. The summed E-state index contributed by atoms with van der Waals surface area (Å²) in [6.07, 6.45) is 1.51. The van der Waals surface area contributed by atoms with Gasteiger partial charge in [-0.05, 0) is 30.0 Å². The molecule has 1 saturated heterocycles. The van der Waals surface area contributed by atoms with Crippen LogP contribution in [-0.2, 0) is 11.4 Å². The number of primary amides is 1. The van der Waals surface area contributed by atoms with Gasteiger partial charge in [-0.25, -0.2) is 0 Å². The average molecular weight is 421 g/mol. The minimum Gasteiger partial charge on any atom is -0.487 e. The van der Waals surface area contributed by atoms with Crippen molar-refractivity contribution in [1.82, 2.24) is 4.90 Å². The van der Waals surface area contributed by atoms with Gasteiger partial charge in [-0.1, -0.05) is 60.7 Å². The van der Waals surface area contributed by atoms with E-state index in [1.54, 1.807) is 4.90 Å². The smallest absolute Gasteiger partial charge is 0.267 e. The summed E-state index contributed by atoms with van der Waals surface area (Å²) in [5.74, 6) is -0.153. The predicted molar refractivity (Wildman–Crippen MR) is 118 cm³/mol. The van der Waals surface area contributed by atoms with Crippen LogP contribution in [0.15, 0.2) is 66.7 Å². The number of carbonyl (C=O) groups excluding carboxylic acids is 2. The number of likely N-dealkylation sites (tertiary alicyclic amines) is 1. The molecule has 2 amide bonds. The highest BCUT2D eigenvalue weighted by Gasteiger charge is 2.30. The second-order valence-electron chi connectivity index (χ2n) is 7.44. The number of amides is 2. The third-order valence-corrected chi connectivity index (χ3v) is 6.45. The Hall–Kier alpha value is -3.12. The summed E-state index contributed by atoms with van der Waals surface area (Å²) in [6.45, 7) is 1.38. The van der Waals surface area contributed by atoms with E-state index in [2.05, 4.69) is 0 Å². The molecule has 0 radical (unpaired) electrons. The molecule has 3 aromatic rings. The van der Waals surface area contributed by atoms with Gasteiger partial charge in [0, 0.05) is 18.0 Å². The average Bonchev–Trinajstić information content (AvgIpc) is 3.23. The number of nitrogens with zero attached hydrogens (tertiary/aromatic N) is 1. The van der Waals surface area contributed by atoms with Crippen molar-refractivity contribution < 1.29 is 14.3 Å². The van der Waals surface area contributed by atoms with E-state index in [4.69, 9.17) is 10.5 Å². The highest BCUT2D eigenvalue weighted by molar-refractivity contribution is 7.17. The van der Waals surface area contributed by atoms with E-state index in [0.717, 1.165) is 28.8 Å². The first kappa shape index (κ1) is 20.2. The van der Waals surface area contributed by atoms with E-state index in [0.29, 0.717) is 30.3 Å². The predicted octanol–water partition coefficient (Wildman–Crippen LogP) is 4.33. The number of rotatable bonds is 6. The number of benzene rings is 2. The normalized spacial score (nSPS) is 16.3. The van der Waals surface area contributed by atoms with Gasteiger partial charge < -0.3 is 15.4 Å². The zero-order valence-electron chi connectivity index (χ0n) is 16.6. The van der Waals surface area contributed by atoms with Crippen LogP contribution in [0.2, 0.25) is 0 Å². The summed E-state index contributed by atoms with van der Waals surface area (Å²) in [7, 11) is 0. The molecule has 0 aliphatic carbocycles. The van der Waals surface area contributed by atoms with Crippen LogP contribution < -0.4 is 10.5 Å². The summed E-state index contributed by atoms with van der Waals surface area (Å²) >= 11 is 1.43. The van der Waals surface area contributed by atoms with E-state index in [1.807, 2.05) is 66.7 Å². The van der Waals surface area contributed by atoms with Crippen LogP contribution in [0.3, 0.4) is 0 Å². The lowest BCUT2D eigenvalue weighted by molar-refractivity contribution is -0.123. The van der Waals surface area contributed by atoms with Crippen molar-refractivity contribution in [3.05, 3.63) is 77.2 Å². The molecule has 5 nitrogen and oxygen atoms in total. The maximum absolute atomic E-state index is 13.3. The minimum absolute atomic E-state index is 0.101. The molecule has 1 fully saturated rings. The van der Waals surface area contributed by atoms with Crippen molar-refractivity contribution in [2.75, 3.05) is 13.1 Å². The van der Waals surface area contributed by atoms with Crippen molar-refractivity contribution in [3.63, 3.8) is 0 Å². The molecule has 2 heterocycles. The molecule has 1 aliphatic heterocycles. The molecular formula is C24H24N2O3S. The number of piperidine rings is 1. The molecule has 1 atom stereocenters. The van der Waals surface area contributed by atoms with Gasteiger partial charge in [-0.3, -0.25) is 9.59 Å². The molecule has 0 spiro atoms. The topological polar surface area (TPSA) is 72.6 Å². The van der Waals surface area contributed by atoms with Gasteiger partial charge in [-0.15, -0.1) is 11.3 Å². The van der Waals surface area contributed by atoms with Gasteiger partial charge in [0.15, 0.2) is 0 Å². The molecule has 1 unspecified atom stereocenters. The van der Waals surface area contributed by atoms with Crippen molar-refractivity contribution in [2.45, 2.75) is 19.4 Å². The minimum atomic E-state index is -0.343. The lowest BCUT2D eigenvalue weighted by Gasteiger charge is -2.31. The standard InChI is InChI=1S/C24H24N2O3S/c25-23(27)19-12-7-13-26(15-19)24(28)22-20(29-16-17-8-3-1-4-9-17)14-21(30-22)18-10-5-2-6-11-18/h1-6,8-11,14,19H,7,12-13,15-16H2,(H2,25,27). The van der Waals surface area contributed by atoms with Crippen molar-refractivity contribution in [1.29, 1.82) is 0 Å². The number of thiophene rings is 1. The first-order valence-corrected chi connectivity index (χ1v) is 10.9. The molecule has 154 valence electrons. The lowest BCUT2D eigenvalue weighted by atomic mass is 9.97. The number of nitrogens with two attached hydrogens (primary N) is 1. The second kappa shape index (κ2) is 9.13. The molecule has 2 N–H and O–H groups in total. The van der Waals surface area contributed by atoms with Gasteiger partial charge in [0.25, 0.3) is 5.91 Å². The number of hydrogen-bond acceptors (Lipinski definition) is 4. The zero-order chi connectivity index (χ0) is 20.9. The van der Waals surface area contributed by atoms with Crippen LogP contribution in [0.4, 0.5) is 0 Å². The Bertz CT molecular complexity index is 1020. The van der Waals surface area contributed by atoms with E-state index in [9.17, 15) is 9.59 Å². The molecule has 0 saturated carbocycles. The summed E-state index contributed by atoms with van der Waals surface area (Å²) in [5, 5.41) is 0. The Balaban J connectivity index is 1.61. The van der Waals surface area contributed by atoms with Crippen molar-refractivity contribution >= 4 is 23.2 Å². The molecule has 30 heavy (non-hydrogen) atoms. The monoisotopic (exact) mass is 420 g/mol. The van der Waals surface area contributed by atoms with Gasteiger partial charge in [0.2, 0.25) is 5.91 Å². The molecule has 0 bridgehead atoms. The fraction of sp³-hybridized carbons (Fsp3) is 0.250. The maximum Gasteiger partial charge on any atom is 0.267 e. The van der Waals surface area contributed by atoms with Gasteiger partial charge in [-0.2, -0.15) is 0 Å². The second-order valence-corrected chi connectivity index (χ2v) is 8.49. The van der Waals surface area contributed by atoms with Crippen LogP contribution in [0.1, 0.15) is 28.1 Å². The fourth-order valence-corrected chi connectivity index (χ4v) is 4.72. The van der Waals surface area contributed by atoms with Gasteiger partial charge in [0.05, 0.1) is 5.92 Å². The molecule has 1 aromatic heterocycles. The van der Waals surface area contributed by atoms with Crippen LogP contribution in [0, 0.1) is 5.92 Å². The third-order valence-electron chi connectivity index (χ3n) is 5.30. The Morgan fingerprint density at radius 3 is 2.47 bits per heavy atom. The quantitative estimate of drug-likeness (QED) is 0.645. The lowest BCUT2D eigenvalue weighted by Crippen LogP contribution is -2.44. The van der Waals surface area contributed by atoms with Crippen molar-refractivity contribution in [2.24, 2.45) is 11.7 Å². The Labute approximate surface area is 180 Å². The van der Waals surface area contributed by atoms with Crippen LogP contribution in [-0.4, -0.2) is 29.8 Å². The largest absolute Gasteiger partial charge is 0.487 e. The van der Waals surface area contributed by atoms with Crippen molar-refractivity contribution in [3.8, 4) is 16.2 Å². The van der Waals surface area contributed by atoms with E-state index < -0.39 is 0 Å². The number of carbonyl (C=O) groups is 2. The summed E-state index contributed by atoms with van der Waals surface area (Å²) in [5.41, 5.74) is 7.57. The van der Waals surface area contributed by atoms with Gasteiger partial charge in [0.1, 0.15) is 17.2 Å². The zero-order valence-corrected chi connectivity index (χ0v) is 17.4. The first-order valence-electron chi connectivity index (χ1n) is 10.1. The molecule has 4 rings (SSSR count). The molecule has 1 aliphatic rings. The number of ether oxygens (including phenoxy) is 1. The summed E-state index contributed by atoms with van der Waals surface area (Å²) in [6, 6.07) is 21.8. The fourth-order valence-electron chi connectivity index (χ4n) is 3.65. The van der Waals surface area contributed by atoms with Gasteiger partial charge >= 0.3 is 0 Å². The van der Waals surface area contributed by atoms with E-state index in [1.165, 1.54) is 11.3 Å².